The van der Waals surface area contributed by atoms with Gasteiger partial charge in [0, 0.05) is 5.56 Å². The lowest BCUT2D eigenvalue weighted by Crippen LogP contribution is -2.14. The van der Waals surface area contributed by atoms with E-state index in [1.54, 1.807) is 0 Å². The van der Waals surface area contributed by atoms with Gasteiger partial charge in [-0.15, -0.1) is 0 Å². The van der Waals surface area contributed by atoms with Crippen LogP contribution < -0.4 is 0 Å². The predicted octanol–water partition coefficient (Wildman–Crippen LogP) is 2.84. The zero-order valence-corrected chi connectivity index (χ0v) is 8.86. The van der Waals surface area contributed by atoms with E-state index < -0.39 is 29.9 Å². The number of ether oxygens (including phenoxy) is 1. The lowest BCUT2D eigenvalue weighted by Gasteiger charge is -2.16. The maximum absolute atomic E-state index is 12.8. The summed E-state index contributed by atoms with van der Waals surface area (Å²) < 4.78 is 43.8. The third-order valence-corrected chi connectivity index (χ3v) is 3.16. The molecule has 0 saturated heterocycles. The Morgan fingerprint density at radius 3 is 2.67 bits per heavy atom. The van der Waals surface area contributed by atoms with Crippen molar-refractivity contribution in [2.75, 3.05) is 0 Å². The molecule has 2 atom stereocenters. The van der Waals surface area contributed by atoms with Gasteiger partial charge in [0.05, 0.1) is 11.1 Å². The number of benzene rings is 1. The van der Waals surface area contributed by atoms with Crippen molar-refractivity contribution in [2.45, 2.75) is 18.4 Å². The van der Waals surface area contributed by atoms with Crippen LogP contribution in [0, 0.1) is 0 Å². The van der Waals surface area contributed by atoms with Crippen molar-refractivity contribution in [1.29, 1.82) is 0 Å². The van der Waals surface area contributed by atoms with Crippen molar-refractivity contribution in [3.8, 4) is 0 Å². The fourth-order valence-corrected chi connectivity index (χ4v) is 2.46. The molecule has 2 unspecified atom stereocenters. The van der Waals surface area contributed by atoms with Gasteiger partial charge in [0.2, 0.25) is 0 Å². The fourth-order valence-electron chi connectivity index (χ4n) is 2.46. The van der Waals surface area contributed by atoms with E-state index in [9.17, 15) is 18.0 Å². The number of hydrogen-bond donors (Lipinski definition) is 1. The maximum Gasteiger partial charge on any atom is 0.416 e. The summed E-state index contributed by atoms with van der Waals surface area (Å²) in [5.41, 5.74) is -0.408. The smallest absolute Gasteiger partial charge is 0.416 e. The third-order valence-electron chi connectivity index (χ3n) is 3.16. The first-order chi connectivity index (χ1) is 8.39. The molecule has 0 aliphatic carbocycles. The normalized spacial score (nSPS) is 24.9. The maximum atomic E-state index is 12.8. The van der Waals surface area contributed by atoms with E-state index in [0.717, 1.165) is 6.07 Å². The largest absolute Gasteiger partial charge is 0.478 e. The van der Waals surface area contributed by atoms with Gasteiger partial charge in [-0.05, 0) is 17.7 Å². The third kappa shape index (κ3) is 1.38. The number of hydrogen-bond acceptors (Lipinski definition) is 2. The molecule has 2 heterocycles. The lowest BCUT2D eigenvalue weighted by atomic mass is 9.88. The average Bonchev–Trinajstić information content (AvgIpc) is 2.85. The first kappa shape index (κ1) is 11.3. The van der Waals surface area contributed by atoms with E-state index in [2.05, 4.69) is 0 Å². The summed E-state index contributed by atoms with van der Waals surface area (Å²) in [4.78, 5) is 10.9. The number of aliphatic carboxylic acids is 1. The second-order valence-corrected chi connectivity index (χ2v) is 4.17. The van der Waals surface area contributed by atoms with Gasteiger partial charge >= 0.3 is 12.1 Å². The van der Waals surface area contributed by atoms with Gasteiger partial charge in [0.15, 0.2) is 0 Å². The number of carbonyl (C=O) groups is 1. The highest BCUT2D eigenvalue weighted by molar-refractivity contribution is 5.90. The second-order valence-electron chi connectivity index (χ2n) is 4.17. The lowest BCUT2D eigenvalue weighted by molar-refractivity contribution is -0.139. The summed E-state index contributed by atoms with van der Waals surface area (Å²) in [6, 6.07) is 3.73. The van der Waals surface area contributed by atoms with Crippen molar-refractivity contribution in [2.24, 2.45) is 0 Å². The van der Waals surface area contributed by atoms with Crippen molar-refractivity contribution < 1.29 is 27.8 Å². The quantitative estimate of drug-likeness (QED) is 0.840. The highest BCUT2D eigenvalue weighted by Gasteiger charge is 2.47. The molecule has 0 fully saturated rings. The topological polar surface area (TPSA) is 46.5 Å². The van der Waals surface area contributed by atoms with Crippen LogP contribution in [-0.2, 0) is 15.7 Å². The van der Waals surface area contributed by atoms with Crippen molar-refractivity contribution in [3.05, 3.63) is 46.5 Å². The Hall–Kier alpha value is -1.82. The summed E-state index contributed by atoms with van der Waals surface area (Å²) >= 11 is 0. The van der Waals surface area contributed by atoms with Crippen LogP contribution in [-0.4, -0.2) is 11.1 Å². The van der Waals surface area contributed by atoms with Crippen LogP contribution in [0.25, 0.3) is 0 Å². The summed E-state index contributed by atoms with van der Waals surface area (Å²) in [6.45, 7) is 0. The van der Waals surface area contributed by atoms with Crippen LogP contribution in [0.2, 0.25) is 0 Å². The number of carboxylic acids is 1. The number of carboxylic acid groups (broad SMARTS) is 1. The number of halogens is 3. The Morgan fingerprint density at radius 2 is 2.06 bits per heavy atom. The average molecular weight is 256 g/mol. The molecule has 1 aromatic carbocycles. The van der Waals surface area contributed by atoms with E-state index >= 15 is 0 Å². The molecule has 94 valence electrons. The number of fused-ring (bicyclic) bond motifs is 5. The Morgan fingerprint density at radius 1 is 1.33 bits per heavy atom. The van der Waals surface area contributed by atoms with Gasteiger partial charge in [0.1, 0.15) is 12.2 Å². The highest BCUT2D eigenvalue weighted by atomic mass is 19.4. The summed E-state index contributed by atoms with van der Waals surface area (Å²) in [5, 5.41) is 8.92. The Kier molecular flexibility index (Phi) is 2.10. The fraction of sp³-hybridized carbons (Fsp3) is 0.250. The first-order valence-corrected chi connectivity index (χ1v) is 5.20. The molecule has 0 aromatic heterocycles. The molecule has 3 nitrogen and oxygen atoms in total. The molecular formula is C12H7F3O3. The minimum absolute atomic E-state index is 0.00632. The molecule has 0 saturated carbocycles. The van der Waals surface area contributed by atoms with Gasteiger partial charge in [-0.2, -0.15) is 13.2 Å². The van der Waals surface area contributed by atoms with Crippen LogP contribution in [0.5, 0.6) is 0 Å². The highest BCUT2D eigenvalue weighted by Crippen LogP contribution is 2.53. The first-order valence-electron chi connectivity index (χ1n) is 5.20. The van der Waals surface area contributed by atoms with E-state index in [1.165, 1.54) is 18.2 Å². The summed E-state index contributed by atoms with van der Waals surface area (Å²) in [5.74, 6) is -1.16. The predicted molar refractivity (Wildman–Crippen MR) is 53.7 cm³/mol. The molecule has 2 aliphatic heterocycles. The standard InChI is InChI=1S/C12H7F3O3/c13-12(14,15)7-3-1-2-5-9(7)8-4-6(11(16)17)10(5)18-8/h1-4,8,10H,(H,16,17). The van der Waals surface area contributed by atoms with Crippen LogP contribution in [0.4, 0.5) is 13.2 Å². The second kappa shape index (κ2) is 3.35. The minimum Gasteiger partial charge on any atom is -0.478 e. The molecule has 18 heavy (non-hydrogen) atoms. The summed E-state index contributed by atoms with van der Waals surface area (Å²) in [6.07, 6.45) is -5.01. The van der Waals surface area contributed by atoms with Crippen molar-refractivity contribution in [1.82, 2.24) is 0 Å². The molecule has 0 spiro atoms. The van der Waals surface area contributed by atoms with Crippen molar-refractivity contribution >= 4 is 5.97 Å². The molecule has 0 radical (unpaired) electrons. The molecule has 6 heteroatoms. The molecule has 1 N–H and O–H groups in total. The Balaban J connectivity index is 2.15. The van der Waals surface area contributed by atoms with Crippen LogP contribution >= 0.6 is 0 Å². The minimum atomic E-state index is -4.46. The number of rotatable bonds is 1. The van der Waals surface area contributed by atoms with Crippen LogP contribution in [0.3, 0.4) is 0 Å². The molecule has 1 aromatic rings. The molecule has 2 bridgehead atoms. The van der Waals surface area contributed by atoms with E-state index in [0.29, 0.717) is 5.56 Å². The van der Waals surface area contributed by atoms with Gasteiger partial charge in [-0.3, -0.25) is 0 Å². The van der Waals surface area contributed by atoms with Crippen molar-refractivity contribution in [3.63, 3.8) is 0 Å². The Bertz CT molecular complexity index is 574. The van der Waals surface area contributed by atoms with Gasteiger partial charge in [0.25, 0.3) is 0 Å². The van der Waals surface area contributed by atoms with Crippen LogP contribution in [0.15, 0.2) is 29.8 Å². The number of alkyl halides is 3. The summed E-state index contributed by atoms with van der Waals surface area (Å²) in [7, 11) is 0. The van der Waals surface area contributed by atoms with Crippen LogP contribution in [0.1, 0.15) is 28.9 Å². The molecule has 3 rings (SSSR count). The molecule has 0 amide bonds. The molecular weight excluding hydrogens is 249 g/mol. The SMILES string of the molecule is O=C(O)C1=CC2OC1c1cccc(C(F)(F)F)c12. The monoisotopic (exact) mass is 256 g/mol. The molecule has 2 aliphatic rings. The Labute approximate surface area is 99.5 Å². The zero-order valence-electron chi connectivity index (χ0n) is 8.86. The van der Waals surface area contributed by atoms with Gasteiger partial charge < -0.3 is 9.84 Å². The van der Waals surface area contributed by atoms with E-state index in [1.807, 2.05) is 0 Å². The zero-order chi connectivity index (χ0) is 13.1. The van der Waals surface area contributed by atoms with E-state index in [-0.39, 0.29) is 11.1 Å². The van der Waals surface area contributed by atoms with E-state index in [4.69, 9.17) is 9.84 Å². The van der Waals surface area contributed by atoms with Gasteiger partial charge in [-0.1, -0.05) is 12.1 Å². The van der Waals surface area contributed by atoms with Gasteiger partial charge in [-0.25, -0.2) is 4.79 Å².